The molecular weight excluding hydrogens is 240 g/mol. The highest BCUT2D eigenvalue weighted by Crippen LogP contribution is 2.20. The molecule has 0 heterocycles. The number of carboxylic acid groups (broad SMARTS) is 1. The summed E-state index contributed by atoms with van der Waals surface area (Å²) in [5.74, 6) is -0.209. The van der Waals surface area contributed by atoms with Gasteiger partial charge in [0.1, 0.15) is 12.4 Å². The maximum atomic E-state index is 10.8. The second-order valence-electron chi connectivity index (χ2n) is 4.56. The van der Waals surface area contributed by atoms with Crippen molar-refractivity contribution in [3.8, 4) is 5.75 Å². The molecule has 3 nitrogen and oxygen atoms in total. The summed E-state index contributed by atoms with van der Waals surface area (Å²) in [7, 11) is 0. The quantitative estimate of drug-likeness (QED) is 0.909. The van der Waals surface area contributed by atoms with Crippen LogP contribution in [0.5, 0.6) is 5.75 Å². The first-order valence-electron chi connectivity index (χ1n) is 6.08. The summed E-state index contributed by atoms with van der Waals surface area (Å²) in [6, 6.07) is 13.0. The third-order valence-corrected chi connectivity index (χ3v) is 2.94. The number of aryl methyl sites for hydroxylation is 2. The van der Waals surface area contributed by atoms with Gasteiger partial charge in [-0.25, -0.2) is 4.79 Å². The summed E-state index contributed by atoms with van der Waals surface area (Å²) in [5.41, 5.74) is 3.41. The molecular formula is C16H16O3. The number of ether oxygens (including phenoxy) is 1. The van der Waals surface area contributed by atoms with Gasteiger partial charge in [0.25, 0.3) is 0 Å². The van der Waals surface area contributed by atoms with Gasteiger partial charge in [0, 0.05) is 0 Å². The predicted octanol–water partition coefficient (Wildman–Crippen LogP) is 3.58. The van der Waals surface area contributed by atoms with Gasteiger partial charge >= 0.3 is 5.97 Å². The Balaban J connectivity index is 2.07. The average molecular weight is 256 g/mol. The molecule has 0 bridgehead atoms. The summed E-state index contributed by atoms with van der Waals surface area (Å²) in [6.45, 7) is 4.36. The van der Waals surface area contributed by atoms with Gasteiger partial charge in [0.2, 0.25) is 0 Å². The van der Waals surface area contributed by atoms with Gasteiger partial charge in [-0.05, 0) is 43.2 Å². The van der Waals surface area contributed by atoms with Crippen molar-refractivity contribution in [3.63, 3.8) is 0 Å². The van der Waals surface area contributed by atoms with Crippen molar-refractivity contribution < 1.29 is 14.6 Å². The zero-order valence-corrected chi connectivity index (χ0v) is 11.0. The van der Waals surface area contributed by atoms with Crippen molar-refractivity contribution >= 4 is 5.97 Å². The van der Waals surface area contributed by atoms with E-state index in [-0.39, 0.29) is 5.56 Å². The van der Waals surface area contributed by atoms with Crippen LogP contribution in [0, 0.1) is 13.8 Å². The van der Waals surface area contributed by atoms with E-state index in [2.05, 4.69) is 0 Å². The van der Waals surface area contributed by atoms with Gasteiger partial charge in [0.05, 0.1) is 5.56 Å². The molecule has 0 fully saturated rings. The van der Waals surface area contributed by atoms with Crippen molar-refractivity contribution in [1.82, 2.24) is 0 Å². The smallest absolute Gasteiger partial charge is 0.335 e. The van der Waals surface area contributed by atoms with Gasteiger partial charge in [-0.15, -0.1) is 0 Å². The fourth-order valence-corrected chi connectivity index (χ4v) is 1.79. The first-order chi connectivity index (χ1) is 9.06. The molecule has 0 unspecified atom stereocenters. The number of hydrogen-bond acceptors (Lipinski definition) is 2. The van der Waals surface area contributed by atoms with Crippen LogP contribution < -0.4 is 4.74 Å². The Hall–Kier alpha value is -2.29. The number of rotatable bonds is 4. The predicted molar refractivity (Wildman–Crippen MR) is 73.6 cm³/mol. The minimum atomic E-state index is -0.923. The van der Waals surface area contributed by atoms with Crippen molar-refractivity contribution in [3.05, 3.63) is 64.7 Å². The molecule has 2 aromatic carbocycles. The Morgan fingerprint density at radius 2 is 1.79 bits per heavy atom. The van der Waals surface area contributed by atoms with Crippen LogP contribution in [0.2, 0.25) is 0 Å². The van der Waals surface area contributed by atoms with Gasteiger partial charge < -0.3 is 9.84 Å². The van der Waals surface area contributed by atoms with E-state index < -0.39 is 5.97 Å². The zero-order chi connectivity index (χ0) is 13.8. The molecule has 0 amide bonds. The third-order valence-electron chi connectivity index (χ3n) is 2.94. The molecule has 0 spiro atoms. The monoisotopic (exact) mass is 256 g/mol. The van der Waals surface area contributed by atoms with Crippen molar-refractivity contribution in [2.24, 2.45) is 0 Å². The number of carboxylic acids is 1. The standard InChI is InChI=1S/C16H16O3/c1-11-3-5-13(6-4-11)10-19-15-8-7-14(16(17)18)9-12(15)2/h3-9H,10H2,1-2H3,(H,17,18). The second-order valence-corrected chi connectivity index (χ2v) is 4.56. The average Bonchev–Trinajstić information content (AvgIpc) is 2.39. The molecule has 0 saturated heterocycles. The molecule has 19 heavy (non-hydrogen) atoms. The van der Waals surface area contributed by atoms with Crippen LogP contribution in [0.4, 0.5) is 0 Å². The Labute approximate surface area is 112 Å². The molecule has 0 radical (unpaired) electrons. The summed E-state index contributed by atoms with van der Waals surface area (Å²) in [4.78, 5) is 10.8. The highest BCUT2D eigenvalue weighted by molar-refractivity contribution is 5.88. The van der Waals surface area contributed by atoms with Gasteiger partial charge in [0.15, 0.2) is 0 Å². The first-order valence-corrected chi connectivity index (χ1v) is 6.08. The van der Waals surface area contributed by atoms with E-state index in [0.29, 0.717) is 12.4 Å². The highest BCUT2D eigenvalue weighted by atomic mass is 16.5. The van der Waals surface area contributed by atoms with Gasteiger partial charge in [-0.1, -0.05) is 29.8 Å². The highest BCUT2D eigenvalue weighted by Gasteiger charge is 2.06. The lowest BCUT2D eigenvalue weighted by atomic mass is 10.1. The number of aromatic carboxylic acids is 1. The minimum absolute atomic E-state index is 0.278. The van der Waals surface area contributed by atoms with E-state index in [0.717, 1.165) is 11.1 Å². The SMILES string of the molecule is Cc1ccc(COc2ccc(C(=O)O)cc2C)cc1. The van der Waals surface area contributed by atoms with Crippen molar-refractivity contribution in [2.45, 2.75) is 20.5 Å². The molecule has 2 aromatic rings. The lowest BCUT2D eigenvalue weighted by Crippen LogP contribution is -2.00. The molecule has 1 N–H and O–H groups in total. The van der Waals surface area contributed by atoms with Gasteiger partial charge in [-0.2, -0.15) is 0 Å². The Bertz CT molecular complexity index is 585. The summed E-state index contributed by atoms with van der Waals surface area (Å²) in [5, 5.41) is 8.89. The maximum absolute atomic E-state index is 10.8. The molecule has 0 aromatic heterocycles. The number of hydrogen-bond donors (Lipinski definition) is 1. The van der Waals surface area contributed by atoms with Crippen LogP contribution in [0.15, 0.2) is 42.5 Å². The van der Waals surface area contributed by atoms with E-state index in [1.54, 1.807) is 18.2 Å². The summed E-state index contributed by atoms with van der Waals surface area (Å²) < 4.78 is 5.70. The molecule has 0 atom stereocenters. The van der Waals surface area contributed by atoms with Crippen molar-refractivity contribution in [2.75, 3.05) is 0 Å². The third kappa shape index (κ3) is 3.35. The van der Waals surface area contributed by atoms with Crippen LogP contribution in [0.1, 0.15) is 27.0 Å². The fraction of sp³-hybridized carbons (Fsp3) is 0.188. The minimum Gasteiger partial charge on any atom is -0.489 e. The maximum Gasteiger partial charge on any atom is 0.335 e. The fourth-order valence-electron chi connectivity index (χ4n) is 1.79. The topological polar surface area (TPSA) is 46.5 Å². The lowest BCUT2D eigenvalue weighted by Gasteiger charge is -2.10. The van der Waals surface area contributed by atoms with Crippen LogP contribution >= 0.6 is 0 Å². The van der Waals surface area contributed by atoms with Crippen LogP contribution in [0.25, 0.3) is 0 Å². The van der Waals surface area contributed by atoms with Crippen LogP contribution in [0.3, 0.4) is 0 Å². The van der Waals surface area contributed by atoms with Crippen LogP contribution in [-0.4, -0.2) is 11.1 Å². The largest absolute Gasteiger partial charge is 0.489 e. The summed E-state index contributed by atoms with van der Waals surface area (Å²) in [6.07, 6.45) is 0. The molecule has 0 aliphatic carbocycles. The Morgan fingerprint density at radius 3 is 2.37 bits per heavy atom. The molecule has 0 aliphatic rings. The number of benzene rings is 2. The van der Waals surface area contributed by atoms with Crippen molar-refractivity contribution in [1.29, 1.82) is 0 Å². The molecule has 0 saturated carbocycles. The Kier molecular flexibility index (Phi) is 3.85. The first kappa shape index (κ1) is 13.1. The Morgan fingerprint density at radius 1 is 1.11 bits per heavy atom. The normalized spacial score (nSPS) is 10.2. The number of carbonyl (C=O) groups is 1. The van der Waals surface area contributed by atoms with E-state index in [1.165, 1.54) is 5.56 Å². The van der Waals surface area contributed by atoms with E-state index in [1.807, 2.05) is 38.1 Å². The molecule has 3 heteroatoms. The molecule has 0 aliphatic heterocycles. The van der Waals surface area contributed by atoms with E-state index in [9.17, 15) is 4.79 Å². The second kappa shape index (κ2) is 5.57. The molecule has 98 valence electrons. The molecule has 2 rings (SSSR count). The van der Waals surface area contributed by atoms with Gasteiger partial charge in [-0.3, -0.25) is 0 Å². The van der Waals surface area contributed by atoms with E-state index in [4.69, 9.17) is 9.84 Å². The van der Waals surface area contributed by atoms with E-state index >= 15 is 0 Å². The zero-order valence-electron chi connectivity index (χ0n) is 11.0. The lowest BCUT2D eigenvalue weighted by molar-refractivity contribution is 0.0696. The van der Waals surface area contributed by atoms with Crippen LogP contribution in [-0.2, 0) is 6.61 Å². The summed E-state index contributed by atoms with van der Waals surface area (Å²) >= 11 is 0.